The molecular weight excluding hydrogens is 184 g/mol. The van der Waals surface area contributed by atoms with Gasteiger partial charge in [-0.1, -0.05) is 0 Å². The Bertz CT molecular complexity index is 345. The predicted molar refractivity (Wildman–Crippen MR) is 43.3 cm³/mol. The van der Waals surface area contributed by atoms with Crippen molar-refractivity contribution < 1.29 is 19.8 Å². The molecule has 4 atom stereocenters. The van der Waals surface area contributed by atoms with Gasteiger partial charge in [-0.2, -0.15) is 0 Å². The van der Waals surface area contributed by atoms with Gasteiger partial charge in [0.25, 0.3) is 0 Å². The fourth-order valence-corrected chi connectivity index (χ4v) is 5.24. The normalized spacial score (nSPS) is 64.9. The highest BCUT2D eigenvalue weighted by Crippen LogP contribution is 2.97. The lowest BCUT2D eigenvalue weighted by Crippen LogP contribution is -2.34. The second kappa shape index (κ2) is 1.49. The van der Waals surface area contributed by atoms with Crippen molar-refractivity contribution in [1.82, 2.24) is 0 Å². The lowest BCUT2D eigenvalue weighted by Gasteiger charge is -2.16. The van der Waals surface area contributed by atoms with E-state index in [1.165, 1.54) is 0 Å². The van der Waals surface area contributed by atoms with Gasteiger partial charge in [-0.3, -0.25) is 9.59 Å². The minimum atomic E-state index is -0.850. The third-order valence-electron chi connectivity index (χ3n) is 5.50. The third kappa shape index (κ3) is 0.345. The van der Waals surface area contributed by atoms with Gasteiger partial charge in [-0.25, -0.2) is 0 Å². The zero-order valence-corrected chi connectivity index (χ0v) is 7.43. The van der Waals surface area contributed by atoms with E-state index in [1.807, 2.05) is 0 Å². The van der Waals surface area contributed by atoms with E-state index in [2.05, 4.69) is 0 Å². The van der Waals surface area contributed by atoms with Gasteiger partial charge in [0, 0.05) is 0 Å². The molecule has 4 aliphatic carbocycles. The summed E-state index contributed by atoms with van der Waals surface area (Å²) in [7, 11) is 0. The van der Waals surface area contributed by atoms with Crippen LogP contribution in [0.3, 0.4) is 0 Å². The second-order valence-electron chi connectivity index (χ2n) is 5.25. The standard InChI is InChI=1S/C10H10O4/c11-7(12)9-3-1-4-6(2-5(3)9)10(4,9)8(13)14/h3-6H,1-2H2,(H,11,12)(H,13,14). The van der Waals surface area contributed by atoms with Crippen molar-refractivity contribution >= 4 is 11.9 Å². The Morgan fingerprint density at radius 1 is 0.857 bits per heavy atom. The summed E-state index contributed by atoms with van der Waals surface area (Å²) in [5.74, 6) is -0.954. The smallest absolute Gasteiger partial charge is 0.311 e. The van der Waals surface area contributed by atoms with Crippen molar-refractivity contribution in [2.45, 2.75) is 12.8 Å². The Balaban J connectivity index is 1.96. The Labute approximate surface area is 79.9 Å². The molecule has 0 spiro atoms. The molecule has 4 heteroatoms. The van der Waals surface area contributed by atoms with Gasteiger partial charge in [-0.15, -0.1) is 0 Å². The van der Waals surface area contributed by atoms with Crippen molar-refractivity contribution in [1.29, 1.82) is 0 Å². The molecule has 14 heavy (non-hydrogen) atoms. The number of rotatable bonds is 2. The molecule has 0 aromatic rings. The summed E-state index contributed by atoms with van der Waals surface area (Å²) in [5, 5.41) is 18.5. The number of hydrogen-bond acceptors (Lipinski definition) is 2. The zero-order valence-electron chi connectivity index (χ0n) is 7.43. The van der Waals surface area contributed by atoms with Crippen molar-refractivity contribution in [3.63, 3.8) is 0 Å². The van der Waals surface area contributed by atoms with Crippen molar-refractivity contribution in [3.8, 4) is 0 Å². The summed E-state index contributed by atoms with van der Waals surface area (Å²) in [5.41, 5.74) is -1.68. The van der Waals surface area contributed by atoms with Crippen LogP contribution in [0.4, 0.5) is 0 Å². The number of hydrogen-bond donors (Lipinski definition) is 2. The molecule has 2 N–H and O–H groups in total. The summed E-state index contributed by atoms with van der Waals surface area (Å²) in [6.07, 6.45) is 1.71. The molecule has 74 valence electrons. The number of carboxylic acid groups (broad SMARTS) is 2. The van der Waals surface area contributed by atoms with Crippen LogP contribution in [0.2, 0.25) is 0 Å². The van der Waals surface area contributed by atoms with Crippen molar-refractivity contribution in [2.24, 2.45) is 34.5 Å². The Morgan fingerprint density at radius 2 is 1.14 bits per heavy atom. The Hall–Kier alpha value is -1.06. The van der Waals surface area contributed by atoms with E-state index in [-0.39, 0.29) is 23.7 Å². The molecule has 4 saturated carbocycles. The van der Waals surface area contributed by atoms with Gasteiger partial charge >= 0.3 is 11.9 Å². The lowest BCUT2D eigenvalue weighted by molar-refractivity contribution is -0.158. The molecule has 4 fully saturated rings. The lowest BCUT2D eigenvalue weighted by atomic mass is 9.86. The van der Waals surface area contributed by atoms with Gasteiger partial charge in [0.2, 0.25) is 0 Å². The summed E-state index contributed by atoms with van der Waals surface area (Å²) >= 11 is 0. The van der Waals surface area contributed by atoms with Crippen LogP contribution in [-0.2, 0) is 9.59 Å². The molecule has 4 rings (SSSR count). The minimum Gasteiger partial charge on any atom is -0.481 e. The molecule has 0 heterocycles. The maximum Gasteiger partial charge on any atom is 0.311 e. The first kappa shape index (κ1) is 7.26. The summed E-state index contributed by atoms with van der Waals surface area (Å²) in [4.78, 5) is 22.6. The van der Waals surface area contributed by atoms with E-state index in [1.54, 1.807) is 0 Å². The molecule has 0 bridgehead atoms. The molecule has 0 aromatic heterocycles. The molecule has 0 aromatic carbocycles. The maximum absolute atomic E-state index is 11.3. The van der Waals surface area contributed by atoms with E-state index in [9.17, 15) is 19.8 Å². The molecule has 4 nitrogen and oxygen atoms in total. The van der Waals surface area contributed by atoms with E-state index in [4.69, 9.17) is 0 Å². The minimum absolute atomic E-state index is 0.186. The third-order valence-corrected chi connectivity index (χ3v) is 5.50. The van der Waals surface area contributed by atoms with Gasteiger partial charge in [0.05, 0.1) is 10.8 Å². The van der Waals surface area contributed by atoms with E-state index >= 15 is 0 Å². The Morgan fingerprint density at radius 3 is 1.36 bits per heavy atom. The largest absolute Gasteiger partial charge is 0.481 e. The highest BCUT2D eigenvalue weighted by atomic mass is 16.4. The summed E-state index contributed by atoms with van der Waals surface area (Å²) in [6, 6.07) is 0. The molecule has 4 unspecified atom stereocenters. The van der Waals surface area contributed by atoms with Crippen LogP contribution in [0, 0.1) is 34.5 Å². The van der Waals surface area contributed by atoms with Crippen LogP contribution < -0.4 is 0 Å². The first-order valence-corrected chi connectivity index (χ1v) is 5.06. The number of fused-ring (bicyclic) bond motifs is 2. The van der Waals surface area contributed by atoms with Crippen LogP contribution in [0.25, 0.3) is 0 Å². The van der Waals surface area contributed by atoms with Crippen LogP contribution in [-0.4, -0.2) is 22.2 Å². The Kier molecular flexibility index (Phi) is 0.774. The maximum atomic E-state index is 11.3. The molecule has 0 radical (unpaired) electrons. The predicted octanol–water partition coefficient (Wildman–Crippen LogP) is 0.428. The first-order chi connectivity index (χ1) is 6.59. The van der Waals surface area contributed by atoms with Gasteiger partial charge < -0.3 is 10.2 Å². The highest BCUT2D eigenvalue weighted by Gasteiger charge is 3.01. The van der Waals surface area contributed by atoms with Gasteiger partial charge in [0.1, 0.15) is 0 Å². The van der Waals surface area contributed by atoms with Crippen molar-refractivity contribution in [3.05, 3.63) is 0 Å². The molecule has 4 aliphatic rings. The summed E-state index contributed by atoms with van der Waals surface area (Å²) < 4.78 is 0. The quantitative estimate of drug-likeness (QED) is 0.668. The van der Waals surface area contributed by atoms with E-state index in [0.29, 0.717) is 0 Å². The topological polar surface area (TPSA) is 74.6 Å². The molecule has 0 amide bonds. The number of carboxylic acids is 2. The summed E-state index contributed by atoms with van der Waals surface area (Å²) in [6.45, 7) is 0. The number of carbonyl (C=O) groups is 2. The monoisotopic (exact) mass is 194 g/mol. The molecule has 0 aliphatic heterocycles. The number of aliphatic carboxylic acids is 2. The molecular formula is C10H10O4. The highest BCUT2D eigenvalue weighted by molar-refractivity contribution is 5.96. The van der Waals surface area contributed by atoms with Crippen LogP contribution in [0.1, 0.15) is 12.8 Å². The van der Waals surface area contributed by atoms with Crippen LogP contribution in [0.5, 0.6) is 0 Å². The fourth-order valence-electron chi connectivity index (χ4n) is 5.24. The first-order valence-electron chi connectivity index (χ1n) is 5.06. The second-order valence-corrected chi connectivity index (χ2v) is 5.25. The van der Waals surface area contributed by atoms with Crippen LogP contribution >= 0.6 is 0 Å². The van der Waals surface area contributed by atoms with Crippen molar-refractivity contribution in [2.75, 3.05) is 0 Å². The van der Waals surface area contributed by atoms with Gasteiger partial charge in [0.15, 0.2) is 0 Å². The van der Waals surface area contributed by atoms with Gasteiger partial charge in [-0.05, 0) is 36.5 Å². The average Bonchev–Trinajstić information content (AvgIpc) is 2.89. The SMILES string of the molecule is O=C(O)C12C3CC4C(CC31)C42C(=O)O. The van der Waals surface area contributed by atoms with E-state index < -0.39 is 22.8 Å². The molecule has 0 saturated heterocycles. The van der Waals surface area contributed by atoms with Crippen LogP contribution in [0.15, 0.2) is 0 Å². The average molecular weight is 194 g/mol. The van der Waals surface area contributed by atoms with E-state index in [0.717, 1.165) is 12.8 Å². The fraction of sp³-hybridized carbons (Fsp3) is 0.800. The zero-order chi connectivity index (χ0) is 9.88.